The maximum Gasteiger partial charge on any atom is 0.315 e. The Bertz CT molecular complexity index is 647. The fourth-order valence-corrected chi connectivity index (χ4v) is 2.15. The summed E-state index contributed by atoms with van der Waals surface area (Å²) in [5, 5.41) is 16.0. The molecule has 0 aliphatic rings. The fraction of sp³-hybridized carbons (Fsp3) is 0.235. The first kappa shape index (κ1) is 17.1. The number of methoxy groups -OCH3 is 1. The molecule has 122 valence electrons. The Labute approximate surface area is 140 Å². The molecular weight excluding hydrogens is 316 g/mol. The standard InChI is InChI=1S/C17H19ClN2O3/c1-23-15-4-2-3-12(9-15)10-19-17(22)20-11-16(21)13-5-7-14(18)8-6-13/h2-9,16,21H,10-11H2,1H3,(H2,19,20,22)/t16-/m1/s1. The van der Waals surface area contributed by atoms with Crippen LogP contribution in [-0.2, 0) is 6.54 Å². The van der Waals surface area contributed by atoms with Crippen molar-refractivity contribution in [3.05, 3.63) is 64.7 Å². The molecule has 0 heterocycles. The van der Waals surface area contributed by atoms with Gasteiger partial charge < -0.3 is 20.5 Å². The first-order chi connectivity index (χ1) is 11.1. The largest absolute Gasteiger partial charge is 0.497 e. The third kappa shape index (κ3) is 5.47. The molecule has 0 radical (unpaired) electrons. The van der Waals surface area contributed by atoms with E-state index in [1.807, 2.05) is 24.3 Å². The molecule has 0 fully saturated rings. The highest BCUT2D eigenvalue weighted by molar-refractivity contribution is 6.30. The number of hydrogen-bond donors (Lipinski definition) is 3. The van der Waals surface area contributed by atoms with Crippen molar-refractivity contribution in [1.29, 1.82) is 0 Å². The Kier molecular flexibility index (Phi) is 6.26. The molecule has 0 saturated heterocycles. The molecule has 1 atom stereocenters. The van der Waals surface area contributed by atoms with Gasteiger partial charge in [0, 0.05) is 18.1 Å². The second-order valence-electron chi connectivity index (χ2n) is 4.98. The molecule has 0 aromatic heterocycles. The van der Waals surface area contributed by atoms with Gasteiger partial charge in [0.15, 0.2) is 0 Å². The summed E-state index contributed by atoms with van der Waals surface area (Å²) >= 11 is 5.79. The normalized spacial score (nSPS) is 11.6. The summed E-state index contributed by atoms with van der Waals surface area (Å²) in [5.41, 5.74) is 1.63. The van der Waals surface area contributed by atoms with Crippen molar-refractivity contribution in [2.45, 2.75) is 12.6 Å². The van der Waals surface area contributed by atoms with E-state index in [9.17, 15) is 9.90 Å². The highest BCUT2D eigenvalue weighted by Crippen LogP contribution is 2.15. The number of aliphatic hydroxyl groups is 1. The summed E-state index contributed by atoms with van der Waals surface area (Å²) in [5.74, 6) is 0.739. The van der Waals surface area contributed by atoms with Crippen LogP contribution in [0.1, 0.15) is 17.2 Å². The molecule has 2 aromatic carbocycles. The van der Waals surface area contributed by atoms with E-state index in [2.05, 4.69) is 10.6 Å². The number of hydrogen-bond acceptors (Lipinski definition) is 3. The number of benzene rings is 2. The molecule has 0 aliphatic carbocycles. The van der Waals surface area contributed by atoms with Crippen LogP contribution < -0.4 is 15.4 Å². The molecule has 3 N–H and O–H groups in total. The molecule has 0 bridgehead atoms. The zero-order valence-electron chi connectivity index (χ0n) is 12.8. The van der Waals surface area contributed by atoms with Crippen LogP contribution in [0.2, 0.25) is 5.02 Å². The molecule has 0 saturated carbocycles. The average molecular weight is 335 g/mol. The zero-order valence-corrected chi connectivity index (χ0v) is 13.5. The van der Waals surface area contributed by atoms with Crippen molar-refractivity contribution in [3.63, 3.8) is 0 Å². The number of nitrogens with one attached hydrogen (secondary N) is 2. The SMILES string of the molecule is COc1cccc(CNC(=O)NC[C@@H](O)c2ccc(Cl)cc2)c1. The number of carbonyl (C=O) groups excluding carboxylic acids is 1. The van der Waals surface area contributed by atoms with Crippen molar-refractivity contribution in [2.24, 2.45) is 0 Å². The summed E-state index contributed by atoms with van der Waals surface area (Å²) in [6.07, 6.45) is -0.783. The fourth-order valence-electron chi connectivity index (χ4n) is 2.02. The van der Waals surface area contributed by atoms with E-state index in [0.29, 0.717) is 17.1 Å². The molecule has 5 nitrogen and oxygen atoms in total. The van der Waals surface area contributed by atoms with Crippen LogP contribution in [0.15, 0.2) is 48.5 Å². The van der Waals surface area contributed by atoms with Crippen molar-refractivity contribution < 1.29 is 14.6 Å². The predicted octanol–water partition coefficient (Wildman–Crippen LogP) is 2.88. The average Bonchev–Trinajstić information content (AvgIpc) is 2.58. The van der Waals surface area contributed by atoms with E-state index >= 15 is 0 Å². The number of urea groups is 1. The molecule has 6 heteroatoms. The Morgan fingerprint density at radius 1 is 1.22 bits per heavy atom. The number of aliphatic hydroxyl groups excluding tert-OH is 1. The summed E-state index contributed by atoms with van der Waals surface area (Å²) < 4.78 is 5.13. The molecule has 2 amide bonds. The Balaban J connectivity index is 1.77. The lowest BCUT2D eigenvalue weighted by atomic mass is 10.1. The van der Waals surface area contributed by atoms with E-state index < -0.39 is 6.10 Å². The Morgan fingerprint density at radius 2 is 1.96 bits per heavy atom. The van der Waals surface area contributed by atoms with E-state index in [4.69, 9.17) is 16.3 Å². The van der Waals surface area contributed by atoms with E-state index in [1.165, 1.54) is 0 Å². The summed E-state index contributed by atoms with van der Waals surface area (Å²) in [7, 11) is 1.59. The van der Waals surface area contributed by atoms with Crippen molar-refractivity contribution >= 4 is 17.6 Å². The van der Waals surface area contributed by atoms with E-state index in [1.54, 1.807) is 31.4 Å². The molecule has 0 spiro atoms. The van der Waals surface area contributed by atoms with Gasteiger partial charge in [-0.25, -0.2) is 4.79 Å². The van der Waals surface area contributed by atoms with Gasteiger partial charge in [-0.05, 0) is 35.4 Å². The maximum atomic E-state index is 11.8. The van der Waals surface area contributed by atoms with Crippen LogP contribution in [0, 0.1) is 0 Å². The lowest BCUT2D eigenvalue weighted by Gasteiger charge is -2.13. The van der Waals surface area contributed by atoms with E-state index in [-0.39, 0.29) is 12.6 Å². The first-order valence-electron chi connectivity index (χ1n) is 7.16. The van der Waals surface area contributed by atoms with Gasteiger partial charge in [0.1, 0.15) is 5.75 Å². The third-order valence-electron chi connectivity index (χ3n) is 3.30. The van der Waals surface area contributed by atoms with Gasteiger partial charge in [-0.3, -0.25) is 0 Å². The number of halogens is 1. The second kappa shape index (κ2) is 8.41. The first-order valence-corrected chi connectivity index (χ1v) is 7.54. The minimum absolute atomic E-state index is 0.117. The van der Waals surface area contributed by atoms with Crippen LogP contribution in [0.5, 0.6) is 5.75 Å². The number of carbonyl (C=O) groups is 1. The quantitative estimate of drug-likeness (QED) is 0.760. The van der Waals surface area contributed by atoms with Crippen molar-refractivity contribution in [3.8, 4) is 5.75 Å². The van der Waals surface area contributed by atoms with Crippen LogP contribution in [0.25, 0.3) is 0 Å². The third-order valence-corrected chi connectivity index (χ3v) is 3.55. The lowest BCUT2D eigenvalue weighted by Crippen LogP contribution is -2.37. The molecular formula is C17H19ClN2O3. The van der Waals surface area contributed by atoms with Crippen LogP contribution >= 0.6 is 11.6 Å². The minimum atomic E-state index is -0.783. The monoisotopic (exact) mass is 334 g/mol. The highest BCUT2D eigenvalue weighted by Gasteiger charge is 2.09. The van der Waals surface area contributed by atoms with Gasteiger partial charge in [0.05, 0.1) is 13.2 Å². The molecule has 2 rings (SSSR count). The van der Waals surface area contributed by atoms with Gasteiger partial charge in [-0.1, -0.05) is 35.9 Å². The molecule has 0 aliphatic heterocycles. The zero-order chi connectivity index (χ0) is 16.7. The molecule has 0 unspecified atom stereocenters. The smallest absolute Gasteiger partial charge is 0.315 e. The summed E-state index contributed by atoms with van der Waals surface area (Å²) in [6, 6.07) is 13.9. The van der Waals surface area contributed by atoms with Crippen LogP contribution in [0.4, 0.5) is 4.79 Å². The van der Waals surface area contributed by atoms with Crippen molar-refractivity contribution in [1.82, 2.24) is 10.6 Å². The second-order valence-corrected chi connectivity index (χ2v) is 5.42. The van der Waals surface area contributed by atoms with Gasteiger partial charge >= 0.3 is 6.03 Å². The van der Waals surface area contributed by atoms with Crippen molar-refractivity contribution in [2.75, 3.05) is 13.7 Å². The topological polar surface area (TPSA) is 70.6 Å². The number of ether oxygens (including phenoxy) is 1. The number of amides is 2. The summed E-state index contributed by atoms with van der Waals surface area (Å²) in [4.78, 5) is 11.8. The minimum Gasteiger partial charge on any atom is -0.497 e. The Hall–Kier alpha value is -2.24. The Morgan fingerprint density at radius 3 is 2.65 bits per heavy atom. The predicted molar refractivity (Wildman–Crippen MR) is 89.6 cm³/mol. The molecule has 23 heavy (non-hydrogen) atoms. The van der Waals surface area contributed by atoms with Crippen LogP contribution in [-0.4, -0.2) is 24.8 Å². The van der Waals surface area contributed by atoms with Gasteiger partial charge in [-0.15, -0.1) is 0 Å². The summed E-state index contributed by atoms with van der Waals surface area (Å²) in [6.45, 7) is 0.492. The van der Waals surface area contributed by atoms with Gasteiger partial charge in [0.25, 0.3) is 0 Å². The van der Waals surface area contributed by atoms with Crippen LogP contribution in [0.3, 0.4) is 0 Å². The van der Waals surface area contributed by atoms with Gasteiger partial charge in [0.2, 0.25) is 0 Å². The lowest BCUT2D eigenvalue weighted by molar-refractivity contribution is 0.173. The maximum absolute atomic E-state index is 11.8. The molecule has 2 aromatic rings. The number of rotatable bonds is 6. The van der Waals surface area contributed by atoms with Gasteiger partial charge in [-0.2, -0.15) is 0 Å². The highest BCUT2D eigenvalue weighted by atomic mass is 35.5. The van der Waals surface area contributed by atoms with E-state index in [0.717, 1.165) is 11.3 Å².